The van der Waals surface area contributed by atoms with E-state index in [1.807, 2.05) is 69.3 Å². The van der Waals surface area contributed by atoms with Crippen LogP contribution in [-0.4, -0.2) is 24.3 Å². The molecule has 3 aromatic rings. The number of methoxy groups -OCH3 is 1. The Hall–Kier alpha value is -3.52. The van der Waals surface area contributed by atoms with Crippen LogP contribution in [0.1, 0.15) is 42.5 Å². The molecule has 0 N–H and O–H groups in total. The molecule has 3 rings (SSSR count). The van der Waals surface area contributed by atoms with Gasteiger partial charge in [0, 0.05) is 23.9 Å². The Balaban J connectivity index is 0.00000155. The van der Waals surface area contributed by atoms with Crippen molar-refractivity contribution in [3.05, 3.63) is 65.5 Å². The van der Waals surface area contributed by atoms with Crippen molar-refractivity contribution < 1.29 is 14.3 Å². The second kappa shape index (κ2) is 10.3. The number of para-hydroxylation sites is 1. The van der Waals surface area contributed by atoms with Crippen LogP contribution in [0.25, 0.3) is 22.3 Å². The Kier molecular flexibility index (Phi) is 7.83. The van der Waals surface area contributed by atoms with Gasteiger partial charge in [0.25, 0.3) is 0 Å². The fourth-order valence-electron chi connectivity index (χ4n) is 3.36. The highest BCUT2D eigenvalue weighted by atomic mass is 16.5. The van der Waals surface area contributed by atoms with Gasteiger partial charge in [-0.15, -0.1) is 0 Å². The van der Waals surface area contributed by atoms with Crippen LogP contribution in [0, 0.1) is 18.3 Å². The largest absolute Gasteiger partial charge is 0.496 e. The highest BCUT2D eigenvalue weighted by molar-refractivity contribution is 5.98. The van der Waals surface area contributed by atoms with Crippen LogP contribution in [0.2, 0.25) is 0 Å². The number of carbonyl (C=O) groups excluding carboxylic acids is 1. The number of rotatable bonds is 5. The quantitative estimate of drug-likeness (QED) is 0.508. The summed E-state index contributed by atoms with van der Waals surface area (Å²) < 4.78 is 12.4. The van der Waals surface area contributed by atoms with Gasteiger partial charge in [-0.05, 0) is 31.0 Å². The number of nitrogens with zero attached hydrogens (tertiary/aromatic N) is 2. The molecule has 2 aromatic carbocycles. The third-order valence-electron chi connectivity index (χ3n) is 4.86. The third-order valence-corrected chi connectivity index (χ3v) is 4.86. The molecule has 156 valence electrons. The molecular weight excluding hydrogens is 376 g/mol. The monoisotopic (exact) mass is 404 g/mol. The normalized spacial score (nSPS) is 9.90. The molecule has 0 saturated carbocycles. The lowest BCUT2D eigenvalue weighted by Gasteiger charge is -2.10. The number of carbonyl (C=O) groups is 1. The Bertz CT molecular complexity index is 1060. The van der Waals surface area contributed by atoms with Gasteiger partial charge in [-0.2, -0.15) is 5.26 Å². The third kappa shape index (κ3) is 4.23. The molecule has 0 unspecified atom stereocenters. The molecule has 0 amide bonds. The number of ether oxygens (including phenoxy) is 2. The molecule has 0 aliphatic heterocycles. The van der Waals surface area contributed by atoms with Gasteiger partial charge in [0.2, 0.25) is 0 Å². The van der Waals surface area contributed by atoms with Gasteiger partial charge < -0.3 is 14.0 Å². The molecule has 0 aliphatic rings. The predicted octanol–water partition coefficient (Wildman–Crippen LogP) is 5.75. The topological polar surface area (TPSA) is 64.2 Å². The standard InChI is InChI=1S/C23H22N2O3.C2H6/c1-5-28-23(26)22-21(19(14-24)15(2)25(22)3)17-12-10-16(11-13-17)18-8-6-7-9-20(18)27-4;1-2/h6-13H,5H2,1-4H3;1-2H3. The van der Waals surface area contributed by atoms with Gasteiger partial charge >= 0.3 is 5.97 Å². The Morgan fingerprint density at radius 1 is 1.07 bits per heavy atom. The summed E-state index contributed by atoms with van der Waals surface area (Å²) in [6, 6.07) is 17.8. The SMILES string of the molecule is CC.CCOC(=O)c1c(-c2ccc(-c3ccccc3OC)cc2)c(C#N)c(C)n1C. The predicted molar refractivity (Wildman–Crippen MR) is 120 cm³/mol. The molecule has 5 heteroatoms. The van der Waals surface area contributed by atoms with Crippen molar-refractivity contribution in [1.29, 1.82) is 5.26 Å². The maximum absolute atomic E-state index is 12.5. The van der Waals surface area contributed by atoms with Gasteiger partial charge in [0.1, 0.15) is 17.5 Å². The number of hydrogen-bond acceptors (Lipinski definition) is 4. The molecule has 0 aliphatic carbocycles. The fourth-order valence-corrected chi connectivity index (χ4v) is 3.36. The average molecular weight is 405 g/mol. The zero-order valence-electron chi connectivity index (χ0n) is 18.4. The molecule has 0 fully saturated rings. The van der Waals surface area contributed by atoms with E-state index in [2.05, 4.69) is 6.07 Å². The lowest BCUT2D eigenvalue weighted by Crippen LogP contribution is -2.11. The summed E-state index contributed by atoms with van der Waals surface area (Å²) in [5.41, 5.74) is 4.97. The minimum absolute atomic E-state index is 0.275. The highest BCUT2D eigenvalue weighted by Crippen LogP contribution is 2.35. The second-order valence-electron chi connectivity index (χ2n) is 6.35. The van der Waals surface area contributed by atoms with Crippen molar-refractivity contribution in [2.24, 2.45) is 7.05 Å². The molecule has 0 bridgehead atoms. The van der Waals surface area contributed by atoms with Gasteiger partial charge in [-0.1, -0.05) is 56.3 Å². The molecule has 5 nitrogen and oxygen atoms in total. The van der Waals surface area contributed by atoms with Crippen LogP contribution < -0.4 is 4.74 Å². The van der Waals surface area contributed by atoms with Crippen molar-refractivity contribution in [1.82, 2.24) is 4.57 Å². The summed E-state index contributed by atoms with van der Waals surface area (Å²) >= 11 is 0. The lowest BCUT2D eigenvalue weighted by molar-refractivity contribution is 0.0516. The molecule has 0 saturated heterocycles. The second-order valence-corrected chi connectivity index (χ2v) is 6.35. The van der Waals surface area contributed by atoms with E-state index in [0.29, 0.717) is 16.8 Å². The minimum atomic E-state index is -0.432. The molecule has 1 aromatic heterocycles. The zero-order valence-corrected chi connectivity index (χ0v) is 18.4. The van der Waals surface area contributed by atoms with E-state index in [1.54, 1.807) is 25.6 Å². The van der Waals surface area contributed by atoms with Crippen molar-refractivity contribution in [2.75, 3.05) is 13.7 Å². The van der Waals surface area contributed by atoms with E-state index < -0.39 is 5.97 Å². The number of hydrogen-bond donors (Lipinski definition) is 0. The van der Waals surface area contributed by atoms with E-state index in [-0.39, 0.29) is 6.61 Å². The number of benzene rings is 2. The van der Waals surface area contributed by atoms with E-state index in [9.17, 15) is 10.1 Å². The first-order chi connectivity index (χ1) is 14.5. The first kappa shape index (κ1) is 22.8. The van der Waals surface area contributed by atoms with Gasteiger partial charge in [0.05, 0.1) is 19.3 Å². The molecule has 0 spiro atoms. The summed E-state index contributed by atoms with van der Waals surface area (Å²) in [6.07, 6.45) is 0. The zero-order chi connectivity index (χ0) is 22.3. The number of esters is 1. The number of aromatic nitrogens is 1. The summed E-state index contributed by atoms with van der Waals surface area (Å²) in [6.45, 7) is 7.87. The van der Waals surface area contributed by atoms with E-state index >= 15 is 0 Å². The Morgan fingerprint density at radius 2 is 1.67 bits per heavy atom. The van der Waals surface area contributed by atoms with Crippen LogP contribution in [0.3, 0.4) is 0 Å². The molecule has 30 heavy (non-hydrogen) atoms. The Labute approximate surface area is 178 Å². The van der Waals surface area contributed by atoms with E-state index in [4.69, 9.17) is 9.47 Å². The minimum Gasteiger partial charge on any atom is -0.496 e. The van der Waals surface area contributed by atoms with Crippen LogP contribution in [-0.2, 0) is 11.8 Å². The molecular formula is C25H28N2O3. The van der Waals surface area contributed by atoms with Gasteiger partial charge in [-0.3, -0.25) is 0 Å². The van der Waals surface area contributed by atoms with Crippen LogP contribution in [0.5, 0.6) is 5.75 Å². The van der Waals surface area contributed by atoms with Crippen LogP contribution in [0.15, 0.2) is 48.5 Å². The number of nitriles is 1. The molecule has 0 radical (unpaired) electrons. The Morgan fingerprint density at radius 3 is 2.23 bits per heavy atom. The fraction of sp³-hybridized carbons (Fsp3) is 0.280. The van der Waals surface area contributed by atoms with Gasteiger partial charge in [0.15, 0.2) is 0 Å². The summed E-state index contributed by atoms with van der Waals surface area (Å²) in [5, 5.41) is 9.68. The average Bonchev–Trinajstić information content (AvgIpc) is 3.05. The maximum atomic E-state index is 12.5. The highest BCUT2D eigenvalue weighted by Gasteiger charge is 2.25. The summed E-state index contributed by atoms with van der Waals surface area (Å²) in [4.78, 5) is 12.5. The molecule has 0 atom stereocenters. The smallest absolute Gasteiger partial charge is 0.355 e. The van der Waals surface area contributed by atoms with E-state index in [0.717, 1.165) is 28.1 Å². The first-order valence-corrected chi connectivity index (χ1v) is 10.0. The summed E-state index contributed by atoms with van der Waals surface area (Å²) in [7, 11) is 3.42. The van der Waals surface area contributed by atoms with Crippen molar-refractivity contribution in [3.63, 3.8) is 0 Å². The van der Waals surface area contributed by atoms with Crippen LogP contribution in [0.4, 0.5) is 0 Å². The van der Waals surface area contributed by atoms with Crippen molar-refractivity contribution >= 4 is 5.97 Å². The maximum Gasteiger partial charge on any atom is 0.355 e. The first-order valence-electron chi connectivity index (χ1n) is 10.0. The van der Waals surface area contributed by atoms with Crippen molar-refractivity contribution in [3.8, 4) is 34.1 Å². The lowest BCUT2D eigenvalue weighted by atomic mass is 9.97. The molecule has 1 heterocycles. The van der Waals surface area contributed by atoms with Crippen LogP contribution >= 0.6 is 0 Å². The van der Waals surface area contributed by atoms with Crippen molar-refractivity contribution in [2.45, 2.75) is 27.7 Å². The van der Waals surface area contributed by atoms with Gasteiger partial charge in [-0.25, -0.2) is 4.79 Å². The summed E-state index contributed by atoms with van der Waals surface area (Å²) in [5.74, 6) is 0.356. The van der Waals surface area contributed by atoms with E-state index in [1.165, 1.54) is 0 Å².